The van der Waals surface area contributed by atoms with E-state index >= 15 is 0 Å². The summed E-state index contributed by atoms with van der Waals surface area (Å²) in [7, 11) is -3.48. The van der Waals surface area contributed by atoms with Crippen LogP contribution in [0.15, 0.2) is 29.2 Å². The SMILES string of the molecule is CC1CCc2nc(NC(=O)c3ccc(S(=O)(=O)N4CCCCC4)cc3)sc2C1. The van der Waals surface area contributed by atoms with Gasteiger partial charge in [0.1, 0.15) is 0 Å². The molecule has 2 heterocycles. The van der Waals surface area contributed by atoms with Crippen LogP contribution < -0.4 is 5.32 Å². The smallest absolute Gasteiger partial charge is 0.257 e. The van der Waals surface area contributed by atoms with Crippen molar-refractivity contribution in [1.82, 2.24) is 9.29 Å². The molecule has 1 fully saturated rings. The van der Waals surface area contributed by atoms with E-state index in [4.69, 9.17) is 0 Å². The second-order valence-electron chi connectivity index (χ2n) is 7.68. The summed E-state index contributed by atoms with van der Waals surface area (Å²) in [6.07, 6.45) is 5.99. The number of piperidine rings is 1. The molecule has 150 valence electrons. The summed E-state index contributed by atoms with van der Waals surface area (Å²) in [4.78, 5) is 18.6. The van der Waals surface area contributed by atoms with E-state index in [1.807, 2.05) is 0 Å². The van der Waals surface area contributed by atoms with Crippen LogP contribution in [0.2, 0.25) is 0 Å². The molecule has 1 unspecified atom stereocenters. The maximum atomic E-state index is 12.7. The fraction of sp³-hybridized carbons (Fsp3) is 0.500. The summed E-state index contributed by atoms with van der Waals surface area (Å²) in [6.45, 7) is 3.37. The third-order valence-electron chi connectivity index (χ3n) is 5.48. The Bertz CT molecular complexity index is 961. The van der Waals surface area contributed by atoms with Crippen molar-refractivity contribution in [2.24, 2.45) is 5.92 Å². The lowest BCUT2D eigenvalue weighted by molar-refractivity contribution is 0.102. The van der Waals surface area contributed by atoms with Gasteiger partial charge in [-0.3, -0.25) is 10.1 Å². The van der Waals surface area contributed by atoms with Crippen molar-refractivity contribution in [3.8, 4) is 0 Å². The van der Waals surface area contributed by atoms with Crippen LogP contribution in [0.25, 0.3) is 0 Å². The molecule has 1 atom stereocenters. The molecule has 0 radical (unpaired) electrons. The summed E-state index contributed by atoms with van der Waals surface area (Å²) in [5.74, 6) is 0.395. The lowest BCUT2D eigenvalue weighted by Gasteiger charge is -2.25. The molecule has 6 nitrogen and oxygen atoms in total. The van der Waals surface area contributed by atoms with E-state index in [1.54, 1.807) is 23.5 Å². The van der Waals surface area contributed by atoms with E-state index in [9.17, 15) is 13.2 Å². The first kappa shape index (κ1) is 19.5. The molecule has 0 bridgehead atoms. The van der Waals surface area contributed by atoms with Crippen molar-refractivity contribution in [3.63, 3.8) is 0 Å². The van der Waals surface area contributed by atoms with Crippen LogP contribution in [0.5, 0.6) is 0 Å². The molecule has 0 saturated carbocycles. The number of carbonyl (C=O) groups is 1. The lowest BCUT2D eigenvalue weighted by Crippen LogP contribution is -2.35. The number of aryl methyl sites for hydroxylation is 1. The average molecular weight is 420 g/mol. The number of nitrogens with one attached hydrogen (secondary N) is 1. The monoisotopic (exact) mass is 419 g/mol. The second kappa shape index (κ2) is 7.93. The Morgan fingerprint density at radius 3 is 2.61 bits per heavy atom. The molecule has 4 rings (SSSR count). The van der Waals surface area contributed by atoms with E-state index in [2.05, 4.69) is 17.2 Å². The molecule has 2 aliphatic rings. The van der Waals surface area contributed by atoms with Crippen molar-refractivity contribution in [2.45, 2.75) is 50.3 Å². The van der Waals surface area contributed by atoms with Crippen LogP contribution in [0, 0.1) is 5.92 Å². The number of aromatic nitrogens is 1. The summed E-state index contributed by atoms with van der Waals surface area (Å²) in [5.41, 5.74) is 1.53. The molecule has 1 aliphatic heterocycles. The molecule has 1 aliphatic carbocycles. The molecule has 1 aromatic heterocycles. The lowest BCUT2D eigenvalue weighted by atomic mass is 9.93. The van der Waals surface area contributed by atoms with Crippen LogP contribution in [0.4, 0.5) is 5.13 Å². The number of thiazole rings is 1. The number of sulfonamides is 1. The molecule has 2 aromatic rings. The molecular weight excluding hydrogens is 394 g/mol. The first-order valence-corrected chi connectivity index (χ1v) is 12.1. The van der Waals surface area contributed by atoms with Gasteiger partial charge in [-0.15, -0.1) is 11.3 Å². The Morgan fingerprint density at radius 2 is 1.89 bits per heavy atom. The predicted molar refractivity (Wildman–Crippen MR) is 110 cm³/mol. The Kier molecular flexibility index (Phi) is 5.53. The normalized spacial score (nSPS) is 20.5. The summed E-state index contributed by atoms with van der Waals surface area (Å²) >= 11 is 1.54. The van der Waals surface area contributed by atoms with Crippen LogP contribution in [0.1, 0.15) is 53.5 Å². The Labute approximate surface area is 170 Å². The molecule has 1 aromatic carbocycles. The van der Waals surface area contributed by atoms with Gasteiger partial charge in [0, 0.05) is 23.5 Å². The molecule has 28 heavy (non-hydrogen) atoms. The van der Waals surface area contributed by atoms with E-state index in [1.165, 1.54) is 21.3 Å². The van der Waals surface area contributed by atoms with Crippen molar-refractivity contribution in [2.75, 3.05) is 18.4 Å². The molecule has 1 N–H and O–H groups in total. The third-order valence-corrected chi connectivity index (χ3v) is 8.42. The highest BCUT2D eigenvalue weighted by atomic mass is 32.2. The largest absolute Gasteiger partial charge is 0.298 e. The van der Waals surface area contributed by atoms with Gasteiger partial charge in [-0.2, -0.15) is 4.31 Å². The maximum absolute atomic E-state index is 12.7. The van der Waals surface area contributed by atoms with Gasteiger partial charge in [-0.05, 0) is 62.3 Å². The van der Waals surface area contributed by atoms with Gasteiger partial charge >= 0.3 is 0 Å². The number of benzene rings is 1. The number of nitrogens with zero attached hydrogens (tertiary/aromatic N) is 2. The van der Waals surface area contributed by atoms with Gasteiger partial charge < -0.3 is 0 Å². The standard InChI is InChI=1S/C20H25N3O3S2/c1-14-5-10-17-18(13-14)27-20(21-17)22-19(24)15-6-8-16(9-7-15)28(25,26)23-11-3-2-4-12-23/h6-9,14H,2-5,10-13H2,1H3,(H,21,22,24). The van der Waals surface area contributed by atoms with Gasteiger partial charge in [0.2, 0.25) is 10.0 Å². The van der Waals surface area contributed by atoms with E-state index < -0.39 is 10.0 Å². The highest BCUT2D eigenvalue weighted by Crippen LogP contribution is 2.32. The number of fused-ring (bicyclic) bond motifs is 1. The van der Waals surface area contributed by atoms with E-state index in [-0.39, 0.29) is 10.8 Å². The minimum Gasteiger partial charge on any atom is -0.298 e. The minimum absolute atomic E-state index is 0.240. The summed E-state index contributed by atoms with van der Waals surface area (Å²) < 4.78 is 27.0. The van der Waals surface area contributed by atoms with Gasteiger partial charge in [0.15, 0.2) is 5.13 Å². The Hall–Kier alpha value is -1.77. The van der Waals surface area contributed by atoms with Gasteiger partial charge in [-0.25, -0.2) is 13.4 Å². The maximum Gasteiger partial charge on any atom is 0.257 e. The number of amides is 1. The van der Waals surface area contributed by atoms with Crippen molar-refractivity contribution in [3.05, 3.63) is 40.4 Å². The van der Waals surface area contributed by atoms with Crippen molar-refractivity contribution < 1.29 is 13.2 Å². The molecule has 8 heteroatoms. The average Bonchev–Trinajstić information content (AvgIpc) is 3.10. The fourth-order valence-corrected chi connectivity index (χ4v) is 6.48. The number of hydrogen-bond acceptors (Lipinski definition) is 5. The zero-order chi connectivity index (χ0) is 19.7. The minimum atomic E-state index is -3.48. The molecule has 1 amide bonds. The summed E-state index contributed by atoms with van der Waals surface area (Å²) in [5, 5.41) is 3.48. The van der Waals surface area contributed by atoms with Crippen LogP contribution >= 0.6 is 11.3 Å². The molecule has 1 saturated heterocycles. The zero-order valence-corrected chi connectivity index (χ0v) is 17.6. The van der Waals surface area contributed by atoms with Gasteiger partial charge in [-0.1, -0.05) is 13.3 Å². The van der Waals surface area contributed by atoms with Crippen LogP contribution in [0.3, 0.4) is 0 Å². The van der Waals surface area contributed by atoms with Gasteiger partial charge in [0.05, 0.1) is 10.6 Å². The second-order valence-corrected chi connectivity index (χ2v) is 10.7. The molecule has 0 spiro atoms. The zero-order valence-electron chi connectivity index (χ0n) is 16.0. The number of rotatable bonds is 4. The van der Waals surface area contributed by atoms with Crippen molar-refractivity contribution >= 4 is 32.4 Å². The number of hydrogen-bond donors (Lipinski definition) is 1. The van der Waals surface area contributed by atoms with E-state index in [0.29, 0.717) is 29.7 Å². The highest BCUT2D eigenvalue weighted by molar-refractivity contribution is 7.89. The van der Waals surface area contributed by atoms with E-state index in [0.717, 1.165) is 44.2 Å². The van der Waals surface area contributed by atoms with Crippen LogP contribution in [-0.2, 0) is 22.9 Å². The van der Waals surface area contributed by atoms with Crippen molar-refractivity contribution in [1.29, 1.82) is 0 Å². The Morgan fingerprint density at radius 1 is 1.18 bits per heavy atom. The molecular formula is C20H25N3O3S2. The summed E-state index contributed by atoms with van der Waals surface area (Å²) in [6, 6.07) is 6.18. The quantitative estimate of drug-likeness (QED) is 0.820. The first-order valence-electron chi connectivity index (χ1n) is 9.83. The predicted octanol–water partition coefficient (Wildman–Crippen LogP) is 3.69. The topological polar surface area (TPSA) is 79.4 Å². The highest BCUT2D eigenvalue weighted by Gasteiger charge is 2.26. The number of carbonyl (C=O) groups excluding carboxylic acids is 1. The third kappa shape index (κ3) is 3.99. The van der Waals surface area contributed by atoms with Gasteiger partial charge in [0.25, 0.3) is 5.91 Å². The fourth-order valence-electron chi connectivity index (χ4n) is 3.80. The Balaban J connectivity index is 1.46. The van der Waals surface area contributed by atoms with Crippen LogP contribution in [-0.4, -0.2) is 36.7 Å². The first-order chi connectivity index (χ1) is 13.4. The number of anilines is 1.